The Morgan fingerprint density at radius 3 is 3.07 bits per heavy atom. The fraction of sp³-hybridized carbons (Fsp3) is 0.222. The molecule has 0 atom stereocenters. The third-order valence-electron chi connectivity index (χ3n) is 1.76. The predicted octanol–water partition coefficient (Wildman–Crippen LogP) is 3.38. The molecule has 0 saturated carbocycles. The standard InChI is InChI=1S/C9H8BrClN2O/c1-2-14-9-12-7-4-5(11)3-6(10)8(7)13-9/h3-4H,2H2,1H3,(H,12,13). The van der Waals surface area contributed by atoms with Crippen molar-refractivity contribution in [2.24, 2.45) is 0 Å². The predicted molar refractivity (Wildman–Crippen MR) is 60.0 cm³/mol. The molecule has 2 aromatic rings. The van der Waals surface area contributed by atoms with Gasteiger partial charge in [0.05, 0.1) is 12.1 Å². The van der Waals surface area contributed by atoms with Crippen LogP contribution in [0.1, 0.15) is 6.92 Å². The van der Waals surface area contributed by atoms with Gasteiger partial charge in [-0.25, -0.2) is 0 Å². The monoisotopic (exact) mass is 274 g/mol. The van der Waals surface area contributed by atoms with E-state index in [2.05, 4.69) is 25.9 Å². The van der Waals surface area contributed by atoms with E-state index in [9.17, 15) is 0 Å². The highest BCUT2D eigenvalue weighted by molar-refractivity contribution is 9.10. The Hall–Kier alpha value is -0.740. The molecule has 0 saturated heterocycles. The quantitative estimate of drug-likeness (QED) is 0.912. The minimum absolute atomic E-state index is 0.519. The Bertz CT molecular complexity index is 469. The van der Waals surface area contributed by atoms with E-state index in [-0.39, 0.29) is 0 Å². The molecule has 0 radical (unpaired) electrons. The van der Waals surface area contributed by atoms with Crippen LogP contribution in [0, 0.1) is 0 Å². The van der Waals surface area contributed by atoms with Gasteiger partial charge < -0.3 is 9.72 Å². The molecule has 2 rings (SSSR count). The number of H-pyrrole nitrogens is 1. The summed E-state index contributed by atoms with van der Waals surface area (Å²) in [6.45, 7) is 2.50. The number of nitrogens with zero attached hydrogens (tertiary/aromatic N) is 1. The van der Waals surface area contributed by atoms with Gasteiger partial charge in [-0.3, -0.25) is 0 Å². The average Bonchev–Trinajstić information content (AvgIpc) is 2.48. The lowest BCUT2D eigenvalue weighted by Crippen LogP contribution is -1.92. The summed E-state index contributed by atoms with van der Waals surface area (Å²) in [7, 11) is 0. The summed E-state index contributed by atoms with van der Waals surface area (Å²) in [5, 5.41) is 0.663. The first-order valence-corrected chi connectivity index (χ1v) is 5.35. The fourth-order valence-corrected chi connectivity index (χ4v) is 2.12. The minimum Gasteiger partial charge on any atom is -0.465 e. The summed E-state index contributed by atoms with van der Waals surface area (Å²) in [6, 6.07) is 4.14. The van der Waals surface area contributed by atoms with Crippen LogP contribution in [0.3, 0.4) is 0 Å². The highest BCUT2D eigenvalue weighted by atomic mass is 79.9. The number of hydrogen-bond acceptors (Lipinski definition) is 2. The SMILES string of the molecule is CCOc1nc2c(Br)cc(Cl)cc2[nH]1. The Kier molecular flexibility index (Phi) is 2.65. The summed E-state index contributed by atoms with van der Waals surface area (Å²) >= 11 is 9.28. The van der Waals surface area contributed by atoms with Crippen molar-refractivity contribution in [1.29, 1.82) is 0 Å². The van der Waals surface area contributed by atoms with E-state index < -0.39 is 0 Å². The molecule has 0 bridgehead atoms. The molecule has 14 heavy (non-hydrogen) atoms. The lowest BCUT2D eigenvalue weighted by atomic mass is 10.3. The Morgan fingerprint density at radius 1 is 1.57 bits per heavy atom. The van der Waals surface area contributed by atoms with Gasteiger partial charge in [0.15, 0.2) is 0 Å². The molecule has 74 valence electrons. The van der Waals surface area contributed by atoms with Crippen LogP contribution in [0.4, 0.5) is 0 Å². The van der Waals surface area contributed by atoms with E-state index in [1.807, 2.05) is 13.0 Å². The number of aromatic amines is 1. The van der Waals surface area contributed by atoms with Gasteiger partial charge in [0.25, 0.3) is 6.01 Å². The van der Waals surface area contributed by atoms with Gasteiger partial charge in [-0.2, -0.15) is 4.98 Å². The summed E-state index contributed by atoms with van der Waals surface area (Å²) in [5.74, 6) is 0. The van der Waals surface area contributed by atoms with E-state index in [0.717, 1.165) is 15.5 Å². The molecule has 0 spiro atoms. The Labute approximate surface area is 94.6 Å². The first kappa shape index (κ1) is 9.80. The van der Waals surface area contributed by atoms with E-state index in [0.29, 0.717) is 17.6 Å². The molecular formula is C9H8BrClN2O. The number of hydrogen-bond donors (Lipinski definition) is 1. The molecule has 1 heterocycles. The van der Waals surface area contributed by atoms with E-state index in [4.69, 9.17) is 16.3 Å². The highest BCUT2D eigenvalue weighted by Crippen LogP contribution is 2.28. The number of ether oxygens (including phenoxy) is 1. The molecule has 1 aromatic heterocycles. The zero-order valence-electron chi connectivity index (χ0n) is 7.47. The van der Waals surface area contributed by atoms with Gasteiger partial charge in [0, 0.05) is 9.50 Å². The summed E-state index contributed by atoms with van der Waals surface area (Å²) < 4.78 is 6.12. The van der Waals surface area contributed by atoms with Crippen molar-refractivity contribution in [3.8, 4) is 6.01 Å². The van der Waals surface area contributed by atoms with Crippen molar-refractivity contribution in [3.05, 3.63) is 21.6 Å². The second-order valence-electron chi connectivity index (χ2n) is 2.76. The number of benzene rings is 1. The maximum atomic E-state index is 5.89. The van der Waals surface area contributed by atoms with Crippen LogP contribution in [0.2, 0.25) is 5.02 Å². The zero-order valence-corrected chi connectivity index (χ0v) is 9.82. The molecule has 0 aliphatic carbocycles. The van der Waals surface area contributed by atoms with Gasteiger partial charge in [-0.1, -0.05) is 11.6 Å². The van der Waals surface area contributed by atoms with E-state index in [1.165, 1.54) is 0 Å². The first-order chi connectivity index (χ1) is 6.70. The average molecular weight is 276 g/mol. The third-order valence-corrected chi connectivity index (χ3v) is 2.59. The lowest BCUT2D eigenvalue weighted by Gasteiger charge is -1.93. The van der Waals surface area contributed by atoms with Gasteiger partial charge in [-0.15, -0.1) is 0 Å². The molecule has 5 heteroatoms. The molecule has 1 N–H and O–H groups in total. The third kappa shape index (κ3) is 1.72. The largest absolute Gasteiger partial charge is 0.465 e. The van der Waals surface area contributed by atoms with Crippen molar-refractivity contribution in [3.63, 3.8) is 0 Å². The first-order valence-electron chi connectivity index (χ1n) is 4.18. The van der Waals surface area contributed by atoms with Crippen LogP contribution in [-0.2, 0) is 0 Å². The van der Waals surface area contributed by atoms with Gasteiger partial charge >= 0.3 is 0 Å². The minimum atomic E-state index is 0.519. The summed E-state index contributed by atoms with van der Waals surface area (Å²) in [6.07, 6.45) is 0. The second-order valence-corrected chi connectivity index (χ2v) is 4.05. The lowest BCUT2D eigenvalue weighted by molar-refractivity contribution is 0.317. The van der Waals surface area contributed by atoms with Crippen LogP contribution in [0.5, 0.6) is 6.01 Å². The summed E-state index contributed by atoms with van der Waals surface area (Å²) in [4.78, 5) is 7.29. The van der Waals surface area contributed by atoms with Gasteiger partial charge in [-0.05, 0) is 35.0 Å². The molecule has 1 aromatic carbocycles. The maximum Gasteiger partial charge on any atom is 0.294 e. The molecule has 0 aliphatic rings. The number of fused-ring (bicyclic) bond motifs is 1. The number of rotatable bonds is 2. The van der Waals surface area contributed by atoms with Gasteiger partial charge in [0.2, 0.25) is 0 Å². The topological polar surface area (TPSA) is 37.9 Å². The Morgan fingerprint density at radius 2 is 2.36 bits per heavy atom. The number of halogens is 2. The van der Waals surface area contributed by atoms with E-state index >= 15 is 0 Å². The molecule has 0 unspecified atom stereocenters. The number of imidazole rings is 1. The summed E-state index contributed by atoms with van der Waals surface area (Å²) in [5.41, 5.74) is 1.70. The number of nitrogens with one attached hydrogen (secondary N) is 1. The molecule has 0 aliphatic heterocycles. The number of aromatic nitrogens is 2. The van der Waals surface area contributed by atoms with Crippen molar-refractivity contribution in [2.45, 2.75) is 6.92 Å². The van der Waals surface area contributed by atoms with Gasteiger partial charge in [0.1, 0.15) is 5.52 Å². The molecular weight excluding hydrogens is 267 g/mol. The second kappa shape index (κ2) is 3.79. The molecule has 0 fully saturated rings. The van der Waals surface area contributed by atoms with Crippen LogP contribution in [0.25, 0.3) is 11.0 Å². The van der Waals surface area contributed by atoms with E-state index in [1.54, 1.807) is 6.07 Å². The van der Waals surface area contributed by atoms with Crippen LogP contribution >= 0.6 is 27.5 Å². The fourth-order valence-electron chi connectivity index (χ4n) is 1.22. The van der Waals surface area contributed by atoms with Crippen molar-refractivity contribution in [2.75, 3.05) is 6.61 Å². The normalized spacial score (nSPS) is 10.8. The Balaban J connectivity index is 2.58. The highest BCUT2D eigenvalue weighted by Gasteiger charge is 2.07. The van der Waals surface area contributed by atoms with Crippen LogP contribution in [-0.4, -0.2) is 16.6 Å². The smallest absolute Gasteiger partial charge is 0.294 e. The van der Waals surface area contributed by atoms with Crippen LogP contribution < -0.4 is 4.74 Å². The molecule has 0 amide bonds. The zero-order chi connectivity index (χ0) is 10.1. The maximum absolute atomic E-state index is 5.89. The van der Waals surface area contributed by atoms with Crippen molar-refractivity contribution in [1.82, 2.24) is 9.97 Å². The van der Waals surface area contributed by atoms with Crippen LogP contribution in [0.15, 0.2) is 16.6 Å². The molecule has 3 nitrogen and oxygen atoms in total. The van der Waals surface area contributed by atoms with Crippen molar-refractivity contribution >= 4 is 38.6 Å². The van der Waals surface area contributed by atoms with Crippen molar-refractivity contribution < 1.29 is 4.74 Å².